The molecule has 1 fully saturated rings. The smallest absolute Gasteiger partial charge is 0.243 e. The summed E-state index contributed by atoms with van der Waals surface area (Å²) in [5.74, 6) is 0.550. The number of hydrogen-bond donors (Lipinski definition) is 1. The Hall–Kier alpha value is -2.17. The lowest BCUT2D eigenvalue weighted by Crippen LogP contribution is -2.47. The normalized spacial score (nSPS) is 26.0. The third-order valence-electron chi connectivity index (χ3n) is 5.00. The molecule has 2 unspecified atom stereocenters. The van der Waals surface area contributed by atoms with Gasteiger partial charge in [0.05, 0.1) is 12.1 Å². The first-order valence-electron chi connectivity index (χ1n) is 8.00. The molecule has 0 aromatic heterocycles. The van der Waals surface area contributed by atoms with Crippen LogP contribution in [-0.2, 0) is 16.0 Å². The van der Waals surface area contributed by atoms with Crippen molar-refractivity contribution >= 4 is 23.2 Å². The van der Waals surface area contributed by atoms with Gasteiger partial charge in [-0.3, -0.25) is 9.59 Å². The van der Waals surface area contributed by atoms with E-state index in [0.29, 0.717) is 6.42 Å². The minimum atomic E-state index is 0.0467. The molecule has 0 radical (unpaired) electrons. The maximum Gasteiger partial charge on any atom is 0.243 e. The molecule has 1 N–H and O–H groups in total. The zero-order valence-corrected chi connectivity index (χ0v) is 12.6. The first-order valence-corrected chi connectivity index (χ1v) is 8.00. The number of amides is 2. The van der Waals surface area contributed by atoms with Crippen molar-refractivity contribution in [2.24, 2.45) is 16.9 Å². The Labute approximate surface area is 129 Å². The SMILES string of the molecule is CCCN1C(=O)Cc2cc(C3=NNC(=O)C4CCC34)ccc21. The zero-order valence-electron chi connectivity index (χ0n) is 12.6. The van der Waals surface area contributed by atoms with Crippen LogP contribution in [0.3, 0.4) is 0 Å². The molecule has 5 nitrogen and oxygen atoms in total. The number of nitrogens with zero attached hydrogens (tertiary/aromatic N) is 2. The number of nitrogens with one attached hydrogen (secondary N) is 1. The molecule has 2 amide bonds. The van der Waals surface area contributed by atoms with E-state index in [-0.39, 0.29) is 23.7 Å². The lowest BCUT2D eigenvalue weighted by molar-refractivity contribution is -0.129. The van der Waals surface area contributed by atoms with Crippen LogP contribution >= 0.6 is 0 Å². The van der Waals surface area contributed by atoms with E-state index in [9.17, 15) is 9.59 Å². The summed E-state index contributed by atoms with van der Waals surface area (Å²) in [6.45, 7) is 2.85. The van der Waals surface area contributed by atoms with Gasteiger partial charge in [0.15, 0.2) is 0 Å². The maximum absolute atomic E-state index is 12.1. The summed E-state index contributed by atoms with van der Waals surface area (Å²) >= 11 is 0. The van der Waals surface area contributed by atoms with Crippen molar-refractivity contribution in [2.45, 2.75) is 32.6 Å². The molecule has 1 saturated carbocycles. The number of benzene rings is 1. The Morgan fingerprint density at radius 1 is 1.27 bits per heavy atom. The highest BCUT2D eigenvalue weighted by Gasteiger charge is 2.43. The van der Waals surface area contributed by atoms with E-state index in [2.05, 4.69) is 23.5 Å². The first kappa shape index (κ1) is 13.5. The van der Waals surface area contributed by atoms with Gasteiger partial charge in [-0.25, -0.2) is 5.43 Å². The van der Waals surface area contributed by atoms with Crippen molar-refractivity contribution in [1.82, 2.24) is 5.43 Å². The van der Waals surface area contributed by atoms with Crippen molar-refractivity contribution in [2.75, 3.05) is 11.4 Å². The van der Waals surface area contributed by atoms with Crippen molar-refractivity contribution in [1.29, 1.82) is 0 Å². The predicted molar refractivity (Wildman–Crippen MR) is 83.7 cm³/mol. The van der Waals surface area contributed by atoms with Crippen LogP contribution in [0, 0.1) is 11.8 Å². The molecule has 3 aliphatic rings. The van der Waals surface area contributed by atoms with E-state index in [0.717, 1.165) is 48.3 Å². The number of hydrazone groups is 1. The Balaban J connectivity index is 1.67. The van der Waals surface area contributed by atoms with Crippen LogP contribution in [0.5, 0.6) is 0 Å². The highest BCUT2D eigenvalue weighted by atomic mass is 16.2. The van der Waals surface area contributed by atoms with Gasteiger partial charge in [0.25, 0.3) is 0 Å². The number of rotatable bonds is 3. The lowest BCUT2D eigenvalue weighted by Gasteiger charge is -2.38. The van der Waals surface area contributed by atoms with Crippen LogP contribution in [-0.4, -0.2) is 24.1 Å². The van der Waals surface area contributed by atoms with Crippen LogP contribution in [0.4, 0.5) is 5.69 Å². The molecule has 1 aromatic carbocycles. The van der Waals surface area contributed by atoms with Gasteiger partial charge in [-0.15, -0.1) is 0 Å². The van der Waals surface area contributed by atoms with Gasteiger partial charge in [-0.05, 0) is 42.5 Å². The van der Waals surface area contributed by atoms with Crippen LogP contribution in [0.25, 0.3) is 0 Å². The van der Waals surface area contributed by atoms with Crippen molar-refractivity contribution in [3.63, 3.8) is 0 Å². The van der Waals surface area contributed by atoms with Gasteiger partial charge in [-0.1, -0.05) is 13.0 Å². The van der Waals surface area contributed by atoms with Crippen molar-refractivity contribution in [3.05, 3.63) is 29.3 Å². The van der Waals surface area contributed by atoms with Gasteiger partial charge in [0, 0.05) is 24.1 Å². The topological polar surface area (TPSA) is 61.8 Å². The van der Waals surface area contributed by atoms with Gasteiger partial charge in [0.2, 0.25) is 11.8 Å². The molecule has 4 rings (SSSR count). The Morgan fingerprint density at radius 3 is 2.82 bits per heavy atom. The highest BCUT2D eigenvalue weighted by molar-refractivity contribution is 6.09. The molecule has 2 heterocycles. The number of carbonyl (C=O) groups is 2. The lowest BCUT2D eigenvalue weighted by atomic mass is 9.68. The van der Waals surface area contributed by atoms with E-state index >= 15 is 0 Å². The van der Waals surface area contributed by atoms with Gasteiger partial charge in [-0.2, -0.15) is 5.10 Å². The predicted octanol–water partition coefficient (Wildman–Crippen LogP) is 1.85. The quantitative estimate of drug-likeness (QED) is 0.925. The van der Waals surface area contributed by atoms with E-state index in [1.54, 1.807) is 0 Å². The molecular weight excluding hydrogens is 278 g/mol. The fourth-order valence-electron chi connectivity index (χ4n) is 3.71. The largest absolute Gasteiger partial charge is 0.312 e. The van der Waals surface area contributed by atoms with Gasteiger partial charge >= 0.3 is 0 Å². The first-order chi connectivity index (χ1) is 10.7. The standard InChI is InChI=1S/C17H19N3O2/c1-2-7-20-14-6-3-10(8-11(14)9-15(20)21)16-12-4-5-13(12)17(22)19-18-16/h3,6,8,12-13H,2,4-5,7,9H2,1H3,(H,19,22). The maximum atomic E-state index is 12.1. The van der Waals surface area contributed by atoms with Gasteiger partial charge in [0.1, 0.15) is 0 Å². The van der Waals surface area contributed by atoms with E-state index in [1.165, 1.54) is 0 Å². The van der Waals surface area contributed by atoms with Crippen LogP contribution in [0.2, 0.25) is 0 Å². The summed E-state index contributed by atoms with van der Waals surface area (Å²) in [5.41, 5.74) is 6.76. The number of hydrogen-bond acceptors (Lipinski definition) is 3. The molecule has 1 aromatic rings. The summed E-state index contributed by atoms with van der Waals surface area (Å²) in [7, 11) is 0. The molecule has 0 spiro atoms. The minimum absolute atomic E-state index is 0.0467. The van der Waals surface area contributed by atoms with Crippen LogP contribution < -0.4 is 10.3 Å². The Bertz CT molecular complexity index is 695. The Morgan fingerprint density at radius 2 is 2.09 bits per heavy atom. The molecule has 2 aliphatic heterocycles. The minimum Gasteiger partial charge on any atom is -0.312 e. The summed E-state index contributed by atoms with van der Waals surface area (Å²) in [4.78, 5) is 25.7. The molecule has 114 valence electrons. The molecule has 0 bridgehead atoms. The number of fused-ring (bicyclic) bond motifs is 2. The highest BCUT2D eigenvalue weighted by Crippen LogP contribution is 2.40. The monoisotopic (exact) mass is 297 g/mol. The summed E-state index contributed by atoms with van der Waals surface area (Å²) in [5, 5.41) is 4.28. The summed E-state index contributed by atoms with van der Waals surface area (Å²) in [6, 6.07) is 6.14. The second-order valence-electron chi connectivity index (χ2n) is 6.33. The van der Waals surface area contributed by atoms with Crippen molar-refractivity contribution in [3.8, 4) is 0 Å². The molecular formula is C17H19N3O2. The second kappa shape index (κ2) is 4.93. The summed E-state index contributed by atoms with van der Waals surface area (Å²) < 4.78 is 0. The second-order valence-corrected chi connectivity index (χ2v) is 6.33. The number of carbonyl (C=O) groups excluding carboxylic acids is 2. The van der Waals surface area contributed by atoms with Crippen molar-refractivity contribution < 1.29 is 9.59 Å². The summed E-state index contributed by atoms with van der Waals surface area (Å²) in [6.07, 6.45) is 3.39. The van der Waals surface area contributed by atoms with Crippen LogP contribution in [0.1, 0.15) is 37.3 Å². The molecule has 1 aliphatic carbocycles. The van der Waals surface area contributed by atoms with E-state index in [4.69, 9.17) is 0 Å². The van der Waals surface area contributed by atoms with Crippen LogP contribution in [0.15, 0.2) is 23.3 Å². The average Bonchev–Trinajstić information content (AvgIpc) is 2.76. The fraction of sp³-hybridized carbons (Fsp3) is 0.471. The Kier molecular flexibility index (Phi) is 3.03. The number of anilines is 1. The van der Waals surface area contributed by atoms with E-state index in [1.807, 2.05) is 17.0 Å². The average molecular weight is 297 g/mol. The molecule has 0 saturated heterocycles. The molecule has 5 heteroatoms. The third kappa shape index (κ3) is 1.88. The zero-order chi connectivity index (χ0) is 15.3. The molecule has 22 heavy (non-hydrogen) atoms. The molecule has 2 atom stereocenters. The van der Waals surface area contributed by atoms with Gasteiger partial charge < -0.3 is 4.90 Å². The third-order valence-corrected chi connectivity index (χ3v) is 5.00. The fourth-order valence-corrected chi connectivity index (χ4v) is 3.71. The van der Waals surface area contributed by atoms with E-state index < -0.39 is 0 Å².